The average molecular weight is 1340 g/mol. The molecule has 0 amide bonds. The Bertz CT molecular complexity index is 2610. The molecule has 8 aliphatic heterocycles. The van der Waals surface area contributed by atoms with E-state index >= 15 is 0 Å². The first-order valence-electron chi connectivity index (χ1n) is 35.0. The maximum Gasteiger partial charge on any atom is 0.252 e. The lowest BCUT2D eigenvalue weighted by Crippen LogP contribution is -2.60. The molecule has 3 saturated carbocycles. The summed E-state index contributed by atoms with van der Waals surface area (Å²) in [5.74, 6) is -0.0754. The standard InChI is InChI=1S/C69H110O25/c1-33-24-47(74-11)59(72)65(80-33)87-42-18-21-66(9)41(25-42)16-17-43-44(66)19-22-67(10)45(43)20-23-69(67,73)40(8)86-54-30-51-64(38(6)85-54)93-94-68(32-79-51)31-52(78-15)63(39(7)92-68)91-57-29-50(77-14)61(36(4)84-57)89-53-26-46(70)60(35(3)82-53)88-56-28-49(76-13)62(37(5)83-56)90-55-27-48(75-12)58(71)34(2)81-55/h16,24,33-40,42-46,48-58,60-65,70-71,73H,17-23,25-32H2,1-15H3/t33-,34-,35-,36-,37-,38-,39-,40+,42+,43-,44+,45+,46-,48+,49+,50+,51-,52-,53+,54+,55+,56+,57+,58-,60-,61-,62-,63-,64-,65+,66-,67-,68-,69-/m1/s1. The molecule has 0 bridgehead atoms. The van der Waals surface area contributed by atoms with Gasteiger partial charge in [-0.1, -0.05) is 25.5 Å². The van der Waals surface area contributed by atoms with Crippen molar-refractivity contribution in [2.75, 3.05) is 42.2 Å². The van der Waals surface area contributed by atoms with Gasteiger partial charge in [0.2, 0.25) is 12.1 Å². The van der Waals surface area contributed by atoms with Gasteiger partial charge >= 0.3 is 0 Å². The maximum atomic E-state index is 13.1. The van der Waals surface area contributed by atoms with Gasteiger partial charge in [0.15, 0.2) is 37.2 Å². The molecule has 7 saturated heterocycles. The maximum absolute atomic E-state index is 13.1. The van der Waals surface area contributed by atoms with Gasteiger partial charge in [-0.3, -0.25) is 4.79 Å². The summed E-state index contributed by atoms with van der Waals surface area (Å²) in [5, 5.41) is 35.1. The van der Waals surface area contributed by atoms with Crippen molar-refractivity contribution >= 4 is 5.78 Å². The van der Waals surface area contributed by atoms with Crippen molar-refractivity contribution in [2.45, 2.75) is 336 Å². The zero-order valence-corrected chi connectivity index (χ0v) is 57.9. The number of fused-ring (bicyclic) bond motifs is 6. The number of allylic oxidation sites excluding steroid dienone is 1. The van der Waals surface area contributed by atoms with Gasteiger partial charge < -0.3 is 105 Å². The summed E-state index contributed by atoms with van der Waals surface area (Å²) in [4.78, 5) is 25.6. The van der Waals surface area contributed by atoms with Crippen LogP contribution in [0.4, 0.5) is 0 Å². The lowest BCUT2D eigenvalue weighted by atomic mass is 9.46. The van der Waals surface area contributed by atoms with E-state index in [4.69, 9.17) is 99.8 Å². The fourth-order valence-electron chi connectivity index (χ4n) is 18.8. The number of carbonyl (C=O) groups excluding carboxylic acids is 1. The molecule has 8 heterocycles. The number of carbonyl (C=O) groups is 1. The molecule has 0 aromatic carbocycles. The molecule has 34 atom stereocenters. The van der Waals surface area contributed by atoms with Crippen molar-refractivity contribution in [2.24, 2.45) is 28.6 Å². The lowest BCUT2D eigenvalue weighted by molar-refractivity contribution is -0.472. The van der Waals surface area contributed by atoms with Crippen LogP contribution >= 0.6 is 0 Å². The van der Waals surface area contributed by atoms with Gasteiger partial charge in [0.05, 0.1) is 104 Å². The topological polar surface area (TPSA) is 272 Å². The van der Waals surface area contributed by atoms with E-state index in [0.29, 0.717) is 55.6 Å². The quantitative estimate of drug-likeness (QED) is 0.0972. The van der Waals surface area contributed by atoms with E-state index in [2.05, 4.69) is 19.9 Å². The first-order chi connectivity index (χ1) is 44.8. The van der Waals surface area contributed by atoms with Crippen molar-refractivity contribution in [3.8, 4) is 0 Å². The number of ketones is 1. The molecule has 0 aromatic heterocycles. The highest BCUT2D eigenvalue weighted by molar-refractivity contribution is 5.96. The highest BCUT2D eigenvalue weighted by Crippen LogP contribution is 2.68. The summed E-state index contributed by atoms with van der Waals surface area (Å²) in [5.41, 5.74) is 0.0000663. The monoisotopic (exact) mass is 1340 g/mol. The highest BCUT2D eigenvalue weighted by atomic mass is 17.2. The molecule has 25 nitrogen and oxygen atoms in total. The Balaban J connectivity index is 0.601. The van der Waals surface area contributed by atoms with Crippen molar-refractivity contribution < 1.29 is 120 Å². The van der Waals surface area contributed by atoms with Gasteiger partial charge in [0.25, 0.3) is 5.78 Å². The van der Waals surface area contributed by atoms with Gasteiger partial charge in [-0.05, 0) is 136 Å². The van der Waals surface area contributed by atoms with E-state index in [9.17, 15) is 20.1 Å². The van der Waals surface area contributed by atoms with Crippen LogP contribution < -0.4 is 0 Å². The second-order valence-electron chi connectivity index (χ2n) is 29.8. The fourth-order valence-corrected chi connectivity index (χ4v) is 18.8. The SMILES string of the molecule is COC1=C[C@@H](C)O[C@@H](O[C@H]2CC[C@]3(C)C(=CC[C@@H]4[C@@H]3CC[C@]3(C)[C@H]4CC[C@@]3(O)[C@H](C)O[C@H]3C[C@H]4OC[C@@]5(C[C@@H](OC)[C@H](O[C@H]6C[C@H](OC)[C@H](O[C@H]7C[C@@H](O)[C@H](O[C@H]8C[C@H](OC)[C@H](O[C@H]9C[C@H](OC)[C@H](O)[C@@H](C)O9)[C@@H](C)O8)[C@@H](C)O7)[C@@H](C)O6)[C@@H](C)O5)OO[C@@H]4[C@@H](C)O3)C2)C1=O. The van der Waals surface area contributed by atoms with Crippen LogP contribution in [-0.2, 0) is 105 Å². The molecule has 0 aromatic rings. The minimum Gasteiger partial charge on any atom is -0.493 e. The van der Waals surface area contributed by atoms with Gasteiger partial charge in [-0.25, -0.2) is 4.89 Å². The number of aliphatic hydroxyl groups is 3. The number of ether oxygens (including phenoxy) is 19. The Hall–Kier alpha value is -1.97. The minimum atomic E-state index is -1.34. The smallest absolute Gasteiger partial charge is 0.252 e. The predicted octanol–water partition coefficient (Wildman–Crippen LogP) is 6.53. The van der Waals surface area contributed by atoms with E-state index in [-0.39, 0.29) is 48.3 Å². The molecule has 0 radical (unpaired) electrons. The summed E-state index contributed by atoms with van der Waals surface area (Å²) in [6.45, 7) is 19.9. The normalized spacial score (nSPS) is 51.9. The molecule has 12 rings (SSSR count). The highest BCUT2D eigenvalue weighted by Gasteiger charge is 2.66. The Labute approximate surface area is 554 Å². The van der Waals surface area contributed by atoms with Gasteiger partial charge in [-0.15, -0.1) is 0 Å². The molecule has 1 spiro atoms. The zero-order chi connectivity index (χ0) is 66.9. The van der Waals surface area contributed by atoms with Gasteiger partial charge in [0, 0.05) is 72.4 Å². The van der Waals surface area contributed by atoms with Crippen LogP contribution in [0.25, 0.3) is 0 Å². The Morgan fingerprint density at radius 3 is 1.81 bits per heavy atom. The molecule has 12 aliphatic rings. The largest absolute Gasteiger partial charge is 0.493 e. The molecule has 10 fully saturated rings. The molecular formula is C69H110O25. The van der Waals surface area contributed by atoms with Crippen LogP contribution in [0.15, 0.2) is 23.5 Å². The third-order valence-electron chi connectivity index (χ3n) is 24.2. The van der Waals surface area contributed by atoms with E-state index < -0.39 is 165 Å². The number of hydrogen-bond donors (Lipinski definition) is 3. The van der Waals surface area contributed by atoms with Gasteiger partial charge in [-0.2, -0.15) is 4.89 Å². The summed E-state index contributed by atoms with van der Waals surface area (Å²) < 4.78 is 119. The Morgan fingerprint density at radius 1 is 0.606 bits per heavy atom. The number of aliphatic hydroxyl groups excluding tert-OH is 2. The summed E-state index contributed by atoms with van der Waals surface area (Å²) in [6, 6.07) is 0. The fraction of sp³-hybridized carbons (Fsp3) is 0.928. The molecule has 536 valence electrons. The summed E-state index contributed by atoms with van der Waals surface area (Å²) in [7, 11) is 7.92. The molecule has 94 heavy (non-hydrogen) atoms. The summed E-state index contributed by atoms with van der Waals surface area (Å²) in [6.07, 6.45) is -2.72. The van der Waals surface area contributed by atoms with Crippen LogP contribution in [0, 0.1) is 28.6 Å². The molecule has 3 N–H and O–H groups in total. The zero-order valence-electron chi connectivity index (χ0n) is 57.9. The van der Waals surface area contributed by atoms with Gasteiger partial charge in [0.1, 0.15) is 43.2 Å². The second-order valence-corrected chi connectivity index (χ2v) is 29.8. The predicted molar refractivity (Wildman–Crippen MR) is 330 cm³/mol. The Morgan fingerprint density at radius 2 is 1.18 bits per heavy atom. The first-order valence-corrected chi connectivity index (χ1v) is 35.0. The molecule has 25 heteroatoms. The summed E-state index contributed by atoms with van der Waals surface area (Å²) >= 11 is 0. The minimum absolute atomic E-state index is 0.0182. The van der Waals surface area contributed by atoms with Crippen molar-refractivity contribution in [3.05, 3.63) is 23.5 Å². The lowest BCUT2D eigenvalue weighted by Gasteiger charge is -2.59. The first kappa shape index (κ1) is 71.8. The van der Waals surface area contributed by atoms with Crippen molar-refractivity contribution in [3.63, 3.8) is 0 Å². The van der Waals surface area contributed by atoms with Crippen molar-refractivity contribution in [1.29, 1.82) is 0 Å². The van der Waals surface area contributed by atoms with Crippen LogP contribution in [0.1, 0.15) is 159 Å². The van der Waals surface area contributed by atoms with Crippen LogP contribution in [0.5, 0.6) is 0 Å². The third kappa shape index (κ3) is 14.0. The molecule has 0 unspecified atom stereocenters. The number of methoxy groups -OCH3 is 5. The van der Waals surface area contributed by atoms with E-state index in [1.165, 1.54) is 12.7 Å². The number of rotatable bonds is 18. The average Bonchev–Trinajstić information content (AvgIpc) is 1.46. The number of Topliss-reactive ketones (excluding diaryl/α,β-unsaturated/α-hetero) is 1. The van der Waals surface area contributed by atoms with E-state index in [1.807, 2.05) is 48.5 Å². The van der Waals surface area contributed by atoms with Crippen LogP contribution in [0.3, 0.4) is 0 Å². The van der Waals surface area contributed by atoms with Crippen molar-refractivity contribution in [1.82, 2.24) is 0 Å². The second kappa shape index (κ2) is 29.2. The third-order valence-corrected chi connectivity index (χ3v) is 24.2. The van der Waals surface area contributed by atoms with Crippen LogP contribution in [-0.4, -0.2) is 241 Å². The molecule has 4 aliphatic carbocycles. The van der Waals surface area contributed by atoms with E-state index in [1.54, 1.807) is 41.4 Å². The number of hydrogen-bond acceptors (Lipinski definition) is 25. The van der Waals surface area contributed by atoms with Crippen LogP contribution in [0.2, 0.25) is 0 Å². The van der Waals surface area contributed by atoms with E-state index in [0.717, 1.165) is 44.9 Å². The Kier molecular flexibility index (Phi) is 22.3. The molecular weight excluding hydrogens is 1230 g/mol.